The van der Waals surface area contributed by atoms with E-state index in [4.69, 9.17) is 0 Å². The van der Waals surface area contributed by atoms with Crippen molar-refractivity contribution in [3.8, 4) is 0 Å². The number of carbonyl (C=O) groups is 1. The van der Waals surface area contributed by atoms with E-state index in [1.54, 1.807) is 13.8 Å². The minimum Gasteiger partial charge on any atom is -0.289 e. The van der Waals surface area contributed by atoms with Gasteiger partial charge in [-0.1, -0.05) is 18.2 Å². The summed E-state index contributed by atoms with van der Waals surface area (Å²) in [6.07, 6.45) is 0. The summed E-state index contributed by atoms with van der Waals surface area (Å²) in [5.41, 5.74) is 4.73. The maximum Gasteiger partial charge on any atom is 0.193 e. The minimum absolute atomic E-state index is 0.0313. The standard InChI is InChI=1S/C17H17FO/c1-10-6-5-7-15(13(10)4)17(19)16-11(2)8-14(18)9-12(16)3/h5-9H,1-4H3. The van der Waals surface area contributed by atoms with Gasteiger partial charge >= 0.3 is 0 Å². The molecule has 0 spiro atoms. The molecule has 98 valence electrons. The number of rotatable bonds is 2. The van der Waals surface area contributed by atoms with Crippen LogP contribution in [0.25, 0.3) is 0 Å². The van der Waals surface area contributed by atoms with Crippen LogP contribution in [0, 0.1) is 33.5 Å². The van der Waals surface area contributed by atoms with Crippen LogP contribution in [0.2, 0.25) is 0 Å². The van der Waals surface area contributed by atoms with Crippen LogP contribution in [0.5, 0.6) is 0 Å². The molecule has 0 aromatic heterocycles. The molecule has 0 heterocycles. The molecule has 19 heavy (non-hydrogen) atoms. The normalized spacial score (nSPS) is 10.6. The number of carbonyl (C=O) groups excluding carboxylic acids is 1. The van der Waals surface area contributed by atoms with Crippen molar-refractivity contribution in [2.45, 2.75) is 27.7 Å². The molecular weight excluding hydrogens is 239 g/mol. The Morgan fingerprint density at radius 1 is 0.947 bits per heavy atom. The fourth-order valence-corrected chi connectivity index (χ4v) is 2.40. The highest BCUT2D eigenvalue weighted by Gasteiger charge is 2.17. The highest BCUT2D eigenvalue weighted by Crippen LogP contribution is 2.22. The molecule has 0 aliphatic carbocycles. The van der Waals surface area contributed by atoms with Gasteiger partial charge in [0.05, 0.1) is 0 Å². The molecule has 0 N–H and O–H groups in total. The number of hydrogen-bond donors (Lipinski definition) is 0. The third kappa shape index (κ3) is 2.43. The molecule has 2 rings (SSSR count). The van der Waals surface area contributed by atoms with Crippen LogP contribution in [0.4, 0.5) is 4.39 Å². The first kappa shape index (κ1) is 13.5. The summed E-state index contributed by atoms with van der Waals surface area (Å²) in [6, 6.07) is 8.50. The predicted molar refractivity (Wildman–Crippen MR) is 75.2 cm³/mol. The Bertz CT molecular complexity index is 633. The summed E-state index contributed by atoms with van der Waals surface area (Å²) < 4.78 is 13.3. The van der Waals surface area contributed by atoms with Gasteiger partial charge in [0.2, 0.25) is 0 Å². The average molecular weight is 256 g/mol. The third-order valence-electron chi connectivity index (χ3n) is 3.57. The first-order valence-corrected chi connectivity index (χ1v) is 6.29. The highest BCUT2D eigenvalue weighted by molar-refractivity contribution is 6.11. The molecule has 0 bridgehead atoms. The van der Waals surface area contributed by atoms with Crippen LogP contribution in [0.3, 0.4) is 0 Å². The van der Waals surface area contributed by atoms with Crippen LogP contribution < -0.4 is 0 Å². The molecule has 2 aromatic rings. The summed E-state index contributed by atoms with van der Waals surface area (Å²) in [6.45, 7) is 7.47. The average Bonchev–Trinajstić information content (AvgIpc) is 2.31. The van der Waals surface area contributed by atoms with Crippen LogP contribution in [0.1, 0.15) is 38.2 Å². The van der Waals surface area contributed by atoms with E-state index in [1.807, 2.05) is 32.0 Å². The van der Waals surface area contributed by atoms with Crippen LogP contribution >= 0.6 is 0 Å². The molecule has 0 amide bonds. The lowest BCUT2D eigenvalue weighted by molar-refractivity contribution is 0.103. The Kier molecular flexibility index (Phi) is 3.52. The van der Waals surface area contributed by atoms with E-state index in [0.29, 0.717) is 22.3 Å². The van der Waals surface area contributed by atoms with Gasteiger partial charge in [-0.15, -0.1) is 0 Å². The Morgan fingerprint density at radius 2 is 1.53 bits per heavy atom. The molecule has 0 fully saturated rings. The lowest BCUT2D eigenvalue weighted by Crippen LogP contribution is -2.09. The number of ketones is 1. The summed E-state index contributed by atoms with van der Waals surface area (Å²) in [5.74, 6) is -0.330. The van der Waals surface area contributed by atoms with Gasteiger partial charge < -0.3 is 0 Å². The lowest BCUT2D eigenvalue weighted by atomic mass is 9.91. The van der Waals surface area contributed by atoms with E-state index in [1.165, 1.54) is 12.1 Å². The first-order valence-electron chi connectivity index (χ1n) is 6.29. The largest absolute Gasteiger partial charge is 0.289 e. The number of benzene rings is 2. The van der Waals surface area contributed by atoms with Gasteiger partial charge in [-0.05, 0) is 62.1 Å². The zero-order chi connectivity index (χ0) is 14.2. The fourth-order valence-electron chi connectivity index (χ4n) is 2.40. The molecule has 0 saturated heterocycles. The molecule has 0 radical (unpaired) electrons. The maximum atomic E-state index is 13.3. The second kappa shape index (κ2) is 4.96. The summed E-state index contributed by atoms with van der Waals surface area (Å²) >= 11 is 0. The molecular formula is C17H17FO. The van der Waals surface area contributed by atoms with Crippen LogP contribution in [-0.2, 0) is 0 Å². The van der Waals surface area contributed by atoms with Crippen molar-refractivity contribution in [1.29, 1.82) is 0 Å². The fraction of sp³-hybridized carbons (Fsp3) is 0.235. The van der Waals surface area contributed by atoms with E-state index in [-0.39, 0.29) is 11.6 Å². The van der Waals surface area contributed by atoms with Crippen molar-refractivity contribution in [3.63, 3.8) is 0 Å². The molecule has 1 nitrogen and oxygen atoms in total. The zero-order valence-electron chi connectivity index (χ0n) is 11.7. The predicted octanol–water partition coefficient (Wildman–Crippen LogP) is 4.29. The van der Waals surface area contributed by atoms with Crippen LogP contribution in [-0.4, -0.2) is 5.78 Å². The van der Waals surface area contributed by atoms with Gasteiger partial charge in [-0.3, -0.25) is 4.79 Å². The zero-order valence-corrected chi connectivity index (χ0v) is 11.7. The number of halogens is 1. The van der Waals surface area contributed by atoms with Crippen molar-refractivity contribution in [1.82, 2.24) is 0 Å². The molecule has 2 heteroatoms. The molecule has 0 atom stereocenters. The molecule has 0 saturated carbocycles. The quantitative estimate of drug-likeness (QED) is 0.732. The summed E-state index contributed by atoms with van der Waals surface area (Å²) in [4.78, 5) is 12.6. The first-order chi connectivity index (χ1) is 8.91. The Labute approximate surface area is 113 Å². The topological polar surface area (TPSA) is 17.1 Å². The van der Waals surface area contributed by atoms with E-state index >= 15 is 0 Å². The van der Waals surface area contributed by atoms with E-state index in [0.717, 1.165) is 11.1 Å². The van der Waals surface area contributed by atoms with Crippen molar-refractivity contribution in [2.24, 2.45) is 0 Å². The van der Waals surface area contributed by atoms with Crippen molar-refractivity contribution >= 4 is 5.78 Å². The van der Waals surface area contributed by atoms with Gasteiger partial charge in [-0.25, -0.2) is 4.39 Å². The van der Waals surface area contributed by atoms with Crippen molar-refractivity contribution in [2.75, 3.05) is 0 Å². The third-order valence-corrected chi connectivity index (χ3v) is 3.57. The van der Waals surface area contributed by atoms with Crippen molar-refractivity contribution in [3.05, 3.63) is 69.5 Å². The summed E-state index contributed by atoms with van der Waals surface area (Å²) in [5, 5.41) is 0. The SMILES string of the molecule is Cc1cccc(C(=O)c2c(C)cc(F)cc2C)c1C. The van der Waals surface area contributed by atoms with E-state index in [9.17, 15) is 9.18 Å². The van der Waals surface area contributed by atoms with Gasteiger partial charge in [0, 0.05) is 11.1 Å². The molecule has 2 aromatic carbocycles. The van der Waals surface area contributed by atoms with Gasteiger partial charge in [0.1, 0.15) is 5.82 Å². The number of aryl methyl sites for hydroxylation is 3. The second-order valence-electron chi connectivity index (χ2n) is 4.99. The monoisotopic (exact) mass is 256 g/mol. The summed E-state index contributed by atoms with van der Waals surface area (Å²) in [7, 11) is 0. The smallest absolute Gasteiger partial charge is 0.193 e. The molecule has 0 unspecified atom stereocenters. The number of hydrogen-bond acceptors (Lipinski definition) is 1. The van der Waals surface area contributed by atoms with Crippen molar-refractivity contribution < 1.29 is 9.18 Å². The second-order valence-corrected chi connectivity index (χ2v) is 4.99. The Hall–Kier alpha value is -1.96. The Morgan fingerprint density at radius 3 is 2.11 bits per heavy atom. The molecule has 0 aliphatic heterocycles. The van der Waals surface area contributed by atoms with Crippen LogP contribution in [0.15, 0.2) is 30.3 Å². The maximum absolute atomic E-state index is 13.3. The van der Waals surface area contributed by atoms with Gasteiger partial charge in [0.15, 0.2) is 5.78 Å². The van der Waals surface area contributed by atoms with E-state index < -0.39 is 0 Å². The lowest BCUT2D eigenvalue weighted by Gasteiger charge is -2.12. The Balaban J connectivity index is 2.60. The molecule has 0 aliphatic rings. The van der Waals surface area contributed by atoms with E-state index in [2.05, 4.69) is 0 Å². The van der Waals surface area contributed by atoms with Gasteiger partial charge in [-0.2, -0.15) is 0 Å². The highest BCUT2D eigenvalue weighted by atomic mass is 19.1. The minimum atomic E-state index is -0.299. The van der Waals surface area contributed by atoms with Gasteiger partial charge in [0.25, 0.3) is 0 Å².